The lowest BCUT2D eigenvalue weighted by Gasteiger charge is -2.19. The van der Waals surface area contributed by atoms with Gasteiger partial charge in [0, 0.05) is 6.54 Å². The Bertz CT molecular complexity index is 93.6. The molecule has 0 aromatic rings. The first kappa shape index (κ1) is 9.85. The van der Waals surface area contributed by atoms with E-state index in [4.69, 9.17) is 10.5 Å². The van der Waals surface area contributed by atoms with Crippen LogP contribution in [0.4, 0.5) is 4.39 Å². The second-order valence-electron chi connectivity index (χ2n) is 2.98. The van der Waals surface area contributed by atoms with E-state index in [-0.39, 0.29) is 19.3 Å². The van der Waals surface area contributed by atoms with Gasteiger partial charge in [-0.2, -0.15) is 0 Å². The Labute approximate surface area is 61.5 Å². The summed E-state index contributed by atoms with van der Waals surface area (Å²) < 4.78 is 18.0. The SMILES string of the molecule is CC(C)OCC(C)(F)CN. The van der Waals surface area contributed by atoms with Crippen LogP contribution >= 0.6 is 0 Å². The Morgan fingerprint density at radius 2 is 2.10 bits per heavy atom. The van der Waals surface area contributed by atoms with Crippen LogP contribution in [0.15, 0.2) is 0 Å². The molecule has 0 amide bonds. The van der Waals surface area contributed by atoms with E-state index in [1.54, 1.807) is 0 Å². The molecule has 0 bridgehead atoms. The molecule has 1 atom stereocenters. The van der Waals surface area contributed by atoms with Crippen molar-refractivity contribution in [3.63, 3.8) is 0 Å². The highest BCUT2D eigenvalue weighted by molar-refractivity contribution is 4.73. The Morgan fingerprint density at radius 1 is 1.60 bits per heavy atom. The molecular formula is C7H16FNO. The Kier molecular flexibility index (Phi) is 3.83. The monoisotopic (exact) mass is 149 g/mol. The predicted octanol–water partition coefficient (Wildman–Crippen LogP) is 1.10. The summed E-state index contributed by atoms with van der Waals surface area (Å²) >= 11 is 0. The second-order valence-corrected chi connectivity index (χ2v) is 2.98. The molecule has 0 aliphatic heterocycles. The van der Waals surface area contributed by atoms with Gasteiger partial charge in [0.05, 0.1) is 12.7 Å². The summed E-state index contributed by atoms with van der Waals surface area (Å²) in [6, 6.07) is 0. The Hall–Kier alpha value is -0.150. The smallest absolute Gasteiger partial charge is 0.143 e. The van der Waals surface area contributed by atoms with Gasteiger partial charge in [0.1, 0.15) is 5.67 Å². The van der Waals surface area contributed by atoms with E-state index in [0.29, 0.717) is 0 Å². The van der Waals surface area contributed by atoms with Crippen molar-refractivity contribution >= 4 is 0 Å². The molecule has 2 nitrogen and oxygen atoms in total. The minimum Gasteiger partial charge on any atom is -0.375 e. The number of nitrogens with two attached hydrogens (primary N) is 1. The average Bonchev–Trinajstić information content (AvgIpc) is 1.85. The fourth-order valence-electron chi connectivity index (χ4n) is 0.399. The van der Waals surface area contributed by atoms with Crippen molar-refractivity contribution in [3.05, 3.63) is 0 Å². The Balaban J connectivity index is 3.46. The highest BCUT2D eigenvalue weighted by atomic mass is 19.1. The number of halogens is 1. The van der Waals surface area contributed by atoms with Crippen LogP contribution in [0, 0.1) is 0 Å². The first-order valence-electron chi connectivity index (χ1n) is 3.48. The van der Waals surface area contributed by atoms with Crippen LogP contribution in [0.5, 0.6) is 0 Å². The van der Waals surface area contributed by atoms with Gasteiger partial charge < -0.3 is 10.5 Å². The van der Waals surface area contributed by atoms with Gasteiger partial charge >= 0.3 is 0 Å². The summed E-state index contributed by atoms with van der Waals surface area (Å²) in [6.45, 7) is 5.27. The van der Waals surface area contributed by atoms with Crippen molar-refractivity contribution < 1.29 is 9.13 Å². The van der Waals surface area contributed by atoms with Gasteiger partial charge in [-0.3, -0.25) is 0 Å². The van der Waals surface area contributed by atoms with Gasteiger partial charge in [0.25, 0.3) is 0 Å². The summed E-state index contributed by atoms with van der Waals surface area (Å²) in [5.41, 5.74) is 3.77. The lowest BCUT2D eigenvalue weighted by atomic mass is 10.1. The van der Waals surface area contributed by atoms with Gasteiger partial charge in [0.15, 0.2) is 0 Å². The molecule has 10 heavy (non-hydrogen) atoms. The molecule has 0 heterocycles. The molecule has 0 rings (SSSR count). The van der Waals surface area contributed by atoms with Crippen molar-refractivity contribution in [1.82, 2.24) is 0 Å². The largest absolute Gasteiger partial charge is 0.375 e. The van der Waals surface area contributed by atoms with E-state index in [0.717, 1.165) is 0 Å². The number of hydrogen-bond acceptors (Lipinski definition) is 2. The molecule has 0 aromatic carbocycles. The maximum Gasteiger partial charge on any atom is 0.143 e. The fourth-order valence-corrected chi connectivity index (χ4v) is 0.399. The topological polar surface area (TPSA) is 35.2 Å². The lowest BCUT2D eigenvalue weighted by molar-refractivity contribution is -0.000940. The molecule has 0 aliphatic rings. The number of hydrogen-bond donors (Lipinski definition) is 1. The van der Waals surface area contributed by atoms with Crippen LogP contribution < -0.4 is 5.73 Å². The van der Waals surface area contributed by atoms with Crippen molar-refractivity contribution in [2.45, 2.75) is 32.5 Å². The third kappa shape index (κ3) is 4.70. The highest BCUT2D eigenvalue weighted by Gasteiger charge is 2.21. The van der Waals surface area contributed by atoms with Crippen molar-refractivity contribution in [2.24, 2.45) is 5.73 Å². The second kappa shape index (κ2) is 3.88. The highest BCUT2D eigenvalue weighted by Crippen LogP contribution is 2.08. The number of ether oxygens (including phenoxy) is 1. The first-order chi connectivity index (χ1) is 4.48. The fraction of sp³-hybridized carbons (Fsp3) is 1.00. The van der Waals surface area contributed by atoms with Gasteiger partial charge in [-0.05, 0) is 20.8 Å². The van der Waals surface area contributed by atoms with Crippen LogP contribution in [0.3, 0.4) is 0 Å². The maximum atomic E-state index is 12.9. The molecule has 1 unspecified atom stereocenters. The van der Waals surface area contributed by atoms with Gasteiger partial charge in [0.2, 0.25) is 0 Å². The normalized spacial score (nSPS) is 17.4. The molecule has 62 valence electrons. The van der Waals surface area contributed by atoms with Gasteiger partial charge in [-0.15, -0.1) is 0 Å². The standard InChI is InChI=1S/C7H16FNO/c1-6(2)10-5-7(3,8)4-9/h6H,4-5,9H2,1-3H3. The van der Waals surface area contributed by atoms with E-state index < -0.39 is 5.67 Å². The molecular weight excluding hydrogens is 133 g/mol. The van der Waals surface area contributed by atoms with Gasteiger partial charge in [-0.1, -0.05) is 0 Å². The molecule has 0 aromatic heterocycles. The van der Waals surface area contributed by atoms with Crippen LogP contribution in [-0.2, 0) is 4.74 Å². The van der Waals surface area contributed by atoms with E-state index in [1.165, 1.54) is 6.92 Å². The molecule has 0 aliphatic carbocycles. The number of rotatable bonds is 4. The van der Waals surface area contributed by atoms with Gasteiger partial charge in [-0.25, -0.2) is 4.39 Å². The molecule has 3 heteroatoms. The third-order valence-corrected chi connectivity index (χ3v) is 1.14. The van der Waals surface area contributed by atoms with Crippen LogP contribution in [0.25, 0.3) is 0 Å². The zero-order valence-electron chi connectivity index (χ0n) is 6.86. The lowest BCUT2D eigenvalue weighted by Crippen LogP contribution is -2.35. The minimum absolute atomic E-state index is 0.0136. The predicted molar refractivity (Wildman–Crippen MR) is 39.7 cm³/mol. The molecule has 2 N–H and O–H groups in total. The summed E-state index contributed by atoms with van der Waals surface area (Å²) in [5, 5.41) is 0. The molecule has 0 spiro atoms. The average molecular weight is 149 g/mol. The Morgan fingerprint density at radius 3 is 2.40 bits per heavy atom. The summed E-state index contributed by atoms with van der Waals surface area (Å²) in [4.78, 5) is 0. The summed E-state index contributed by atoms with van der Waals surface area (Å²) in [7, 11) is 0. The van der Waals surface area contributed by atoms with E-state index in [9.17, 15) is 4.39 Å². The molecule has 0 saturated heterocycles. The van der Waals surface area contributed by atoms with E-state index in [1.807, 2.05) is 13.8 Å². The van der Waals surface area contributed by atoms with E-state index >= 15 is 0 Å². The zero-order valence-corrected chi connectivity index (χ0v) is 6.86. The number of alkyl halides is 1. The molecule has 0 saturated carbocycles. The molecule has 0 radical (unpaired) electrons. The van der Waals surface area contributed by atoms with E-state index in [2.05, 4.69) is 0 Å². The van der Waals surface area contributed by atoms with Crippen molar-refractivity contribution in [1.29, 1.82) is 0 Å². The molecule has 0 fully saturated rings. The quantitative estimate of drug-likeness (QED) is 0.649. The van der Waals surface area contributed by atoms with Crippen LogP contribution in [0.1, 0.15) is 20.8 Å². The van der Waals surface area contributed by atoms with Crippen molar-refractivity contribution in [2.75, 3.05) is 13.2 Å². The first-order valence-corrected chi connectivity index (χ1v) is 3.48. The van der Waals surface area contributed by atoms with Crippen LogP contribution in [-0.4, -0.2) is 24.9 Å². The summed E-state index contributed by atoms with van der Waals surface area (Å²) in [6.07, 6.45) is 0.0709. The minimum atomic E-state index is -1.37. The van der Waals surface area contributed by atoms with Crippen LogP contribution in [0.2, 0.25) is 0 Å². The summed E-state index contributed by atoms with van der Waals surface area (Å²) in [5.74, 6) is 0. The zero-order chi connectivity index (χ0) is 8.20. The maximum absolute atomic E-state index is 12.9. The third-order valence-electron chi connectivity index (χ3n) is 1.14. The van der Waals surface area contributed by atoms with Crippen molar-refractivity contribution in [3.8, 4) is 0 Å².